The summed E-state index contributed by atoms with van der Waals surface area (Å²) in [4.78, 5) is 27.3. The highest BCUT2D eigenvalue weighted by Gasteiger charge is 2.49. The van der Waals surface area contributed by atoms with Crippen LogP contribution in [0.25, 0.3) is 0 Å². The molecule has 1 aliphatic rings. The molecule has 0 bridgehead atoms. The van der Waals surface area contributed by atoms with E-state index in [2.05, 4.69) is 5.32 Å². The van der Waals surface area contributed by atoms with E-state index >= 15 is 0 Å². The number of carbonyl (C=O) groups excluding carboxylic acids is 2. The van der Waals surface area contributed by atoms with Gasteiger partial charge in [0.05, 0.1) is 0 Å². The molecule has 2 unspecified atom stereocenters. The Morgan fingerprint density at radius 1 is 1.38 bits per heavy atom. The second-order valence-electron chi connectivity index (χ2n) is 6.00. The van der Waals surface area contributed by atoms with Gasteiger partial charge in [0.15, 0.2) is 0 Å². The summed E-state index contributed by atoms with van der Waals surface area (Å²) in [5.41, 5.74) is 1.59. The zero-order valence-electron chi connectivity index (χ0n) is 13.7. The fourth-order valence-electron chi connectivity index (χ4n) is 2.90. The van der Waals surface area contributed by atoms with Crippen molar-refractivity contribution in [1.29, 1.82) is 0 Å². The lowest BCUT2D eigenvalue weighted by Crippen LogP contribution is -2.71. The van der Waals surface area contributed by atoms with E-state index in [1.807, 2.05) is 34.6 Å². The zero-order valence-corrected chi connectivity index (χ0v) is 14.5. The number of carbonyl (C=O) groups is 2. The van der Waals surface area contributed by atoms with Crippen LogP contribution in [0.15, 0.2) is 11.1 Å². The summed E-state index contributed by atoms with van der Waals surface area (Å²) in [5.74, 6) is 0.0778. The van der Waals surface area contributed by atoms with Crippen molar-refractivity contribution >= 4 is 23.4 Å². The molecule has 1 saturated heterocycles. The van der Waals surface area contributed by atoms with E-state index in [4.69, 9.17) is 11.6 Å². The summed E-state index contributed by atoms with van der Waals surface area (Å²) < 4.78 is 0. The van der Waals surface area contributed by atoms with E-state index < -0.39 is 11.6 Å². The quantitative estimate of drug-likeness (QED) is 0.819. The Balaban J connectivity index is 3.22. The third-order valence-corrected chi connectivity index (χ3v) is 5.01. The van der Waals surface area contributed by atoms with E-state index in [1.54, 1.807) is 4.90 Å². The molecule has 5 heteroatoms. The number of amides is 2. The molecule has 1 aliphatic heterocycles. The first kappa shape index (κ1) is 18.0. The SMILES string of the molecule is CCC(C)C1C(=O)NC(CC)(CC)C(=O)N1CC(C)=CCl. The van der Waals surface area contributed by atoms with Crippen LogP contribution in [0.3, 0.4) is 0 Å². The number of piperazine rings is 1. The fraction of sp³-hybridized carbons (Fsp3) is 0.750. The van der Waals surface area contributed by atoms with E-state index in [9.17, 15) is 9.59 Å². The summed E-state index contributed by atoms with van der Waals surface area (Å²) in [6.45, 7) is 10.2. The fourth-order valence-corrected chi connectivity index (χ4v) is 2.97. The molecule has 1 fully saturated rings. The first-order valence-corrected chi connectivity index (χ1v) is 8.19. The van der Waals surface area contributed by atoms with Crippen molar-refractivity contribution in [3.8, 4) is 0 Å². The van der Waals surface area contributed by atoms with E-state index in [-0.39, 0.29) is 17.7 Å². The Labute approximate surface area is 132 Å². The van der Waals surface area contributed by atoms with Gasteiger partial charge in [-0.1, -0.05) is 45.7 Å². The van der Waals surface area contributed by atoms with Gasteiger partial charge >= 0.3 is 0 Å². The molecule has 21 heavy (non-hydrogen) atoms. The lowest BCUT2D eigenvalue weighted by molar-refractivity contribution is -0.157. The molecule has 0 spiro atoms. The molecule has 0 aromatic heterocycles. The average molecular weight is 315 g/mol. The van der Waals surface area contributed by atoms with Crippen LogP contribution >= 0.6 is 11.6 Å². The van der Waals surface area contributed by atoms with Crippen molar-refractivity contribution < 1.29 is 9.59 Å². The lowest BCUT2D eigenvalue weighted by atomic mass is 9.83. The van der Waals surface area contributed by atoms with Crippen LogP contribution in [0.1, 0.15) is 53.9 Å². The van der Waals surface area contributed by atoms with Gasteiger partial charge < -0.3 is 10.2 Å². The second-order valence-corrected chi connectivity index (χ2v) is 6.22. The molecule has 0 aromatic carbocycles. The predicted molar refractivity (Wildman–Crippen MR) is 86.0 cm³/mol. The van der Waals surface area contributed by atoms with Gasteiger partial charge in [0.25, 0.3) is 0 Å². The monoisotopic (exact) mass is 314 g/mol. The summed E-state index contributed by atoms with van der Waals surface area (Å²) in [6.07, 6.45) is 2.04. The molecule has 2 amide bonds. The molecule has 4 nitrogen and oxygen atoms in total. The average Bonchev–Trinajstić information content (AvgIpc) is 2.49. The Morgan fingerprint density at radius 3 is 2.38 bits per heavy atom. The molecule has 1 N–H and O–H groups in total. The Morgan fingerprint density at radius 2 is 1.95 bits per heavy atom. The van der Waals surface area contributed by atoms with Crippen LogP contribution < -0.4 is 5.32 Å². The topological polar surface area (TPSA) is 49.4 Å². The smallest absolute Gasteiger partial charge is 0.249 e. The molecule has 0 radical (unpaired) electrons. The highest BCUT2D eigenvalue weighted by Crippen LogP contribution is 2.29. The second kappa shape index (κ2) is 7.30. The molecular formula is C16H27ClN2O2. The van der Waals surface area contributed by atoms with Crippen LogP contribution in [-0.4, -0.2) is 34.8 Å². The number of hydrogen-bond donors (Lipinski definition) is 1. The van der Waals surface area contributed by atoms with Crippen molar-refractivity contribution in [3.63, 3.8) is 0 Å². The Hall–Kier alpha value is -1.03. The number of hydrogen-bond acceptors (Lipinski definition) is 2. The van der Waals surface area contributed by atoms with Crippen molar-refractivity contribution in [2.75, 3.05) is 6.54 Å². The van der Waals surface area contributed by atoms with E-state index in [0.717, 1.165) is 12.0 Å². The molecule has 1 heterocycles. The van der Waals surface area contributed by atoms with Crippen LogP contribution in [0.2, 0.25) is 0 Å². The molecular weight excluding hydrogens is 288 g/mol. The third-order valence-electron chi connectivity index (χ3n) is 4.63. The van der Waals surface area contributed by atoms with E-state index in [0.29, 0.717) is 19.4 Å². The zero-order chi connectivity index (χ0) is 16.2. The van der Waals surface area contributed by atoms with Gasteiger partial charge in [-0.15, -0.1) is 0 Å². The molecule has 2 atom stereocenters. The summed E-state index contributed by atoms with van der Waals surface area (Å²) in [6, 6.07) is -0.416. The van der Waals surface area contributed by atoms with Crippen molar-refractivity contribution in [2.24, 2.45) is 5.92 Å². The van der Waals surface area contributed by atoms with Crippen LogP contribution in [0, 0.1) is 5.92 Å². The Bertz CT molecular complexity index is 430. The largest absolute Gasteiger partial charge is 0.340 e. The summed E-state index contributed by atoms with van der Waals surface area (Å²) in [7, 11) is 0. The molecule has 0 saturated carbocycles. The van der Waals surface area contributed by atoms with Crippen LogP contribution in [0.5, 0.6) is 0 Å². The minimum Gasteiger partial charge on any atom is -0.340 e. The third kappa shape index (κ3) is 3.42. The van der Waals surface area contributed by atoms with Gasteiger partial charge in [-0.3, -0.25) is 9.59 Å². The van der Waals surface area contributed by atoms with Gasteiger partial charge in [0.2, 0.25) is 11.8 Å². The minimum atomic E-state index is -0.770. The van der Waals surface area contributed by atoms with Gasteiger partial charge in [-0.05, 0) is 31.3 Å². The number of nitrogens with zero attached hydrogens (tertiary/aromatic N) is 1. The van der Waals surface area contributed by atoms with Crippen molar-refractivity contribution in [2.45, 2.75) is 65.5 Å². The first-order valence-electron chi connectivity index (χ1n) is 7.75. The van der Waals surface area contributed by atoms with Crippen molar-refractivity contribution in [3.05, 3.63) is 11.1 Å². The molecule has 0 aromatic rings. The van der Waals surface area contributed by atoms with Gasteiger partial charge in [0.1, 0.15) is 11.6 Å². The van der Waals surface area contributed by atoms with Crippen LogP contribution in [0.4, 0.5) is 0 Å². The highest BCUT2D eigenvalue weighted by atomic mass is 35.5. The standard InChI is InChI=1S/C16H27ClN2O2/c1-6-12(5)13-14(20)18-16(7-2,8-3)15(21)19(13)10-11(4)9-17/h9,12-13H,6-8,10H2,1-5H3,(H,18,20). The first-order chi connectivity index (χ1) is 9.86. The molecule has 120 valence electrons. The summed E-state index contributed by atoms with van der Waals surface area (Å²) in [5, 5.41) is 2.98. The highest BCUT2D eigenvalue weighted by molar-refractivity contribution is 6.25. The number of nitrogens with one attached hydrogen (secondary N) is 1. The Kier molecular flexibility index (Phi) is 6.26. The maximum absolute atomic E-state index is 13.0. The summed E-state index contributed by atoms with van der Waals surface area (Å²) >= 11 is 5.75. The minimum absolute atomic E-state index is 0.00951. The number of rotatable bonds is 6. The molecule has 1 rings (SSSR count). The van der Waals surface area contributed by atoms with E-state index in [1.165, 1.54) is 5.54 Å². The maximum Gasteiger partial charge on any atom is 0.249 e. The molecule has 0 aliphatic carbocycles. The predicted octanol–water partition coefficient (Wildman–Crippen LogP) is 3.06. The van der Waals surface area contributed by atoms with Crippen LogP contribution in [-0.2, 0) is 9.59 Å². The normalized spacial score (nSPS) is 24.0. The maximum atomic E-state index is 13.0. The number of halogens is 1. The van der Waals surface area contributed by atoms with Gasteiger partial charge in [-0.2, -0.15) is 0 Å². The van der Waals surface area contributed by atoms with Crippen molar-refractivity contribution in [1.82, 2.24) is 10.2 Å². The lowest BCUT2D eigenvalue weighted by Gasteiger charge is -2.47. The van der Waals surface area contributed by atoms with Gasteiger partial charge in [-0.25, -0.2) is 0 Å². The van der Waals surface area contributed by atoms with Gasteiger partial charge in [0, 0.05) is 12.1 Å².